The van der Waals surface area contributed by atoms with Crippen LogP contribution in [0.15, 0.2) is 48.6 Å². The molecule has 0 aliphatic heterocycles. The van der Waals surface area contributed by atoms with Crippen LogP contribution in [0.2, 0.25) is 0 Å². The molecule has 0 aromatic heterocycles. The van der Waals surface area contributed by atoms with Crippen LogP contribution in [0.25, 0.3) is 5.57 Å². The van der Waals surface area contributed by atoms with Gasteiger partial charge >= 0.3 is 0 Å². The fourth-order valence-electron chi connectivity index (χ4n) is 1.03. The summed E-state index contributed by atoms with van der Waals surface area (Å²) >= 11 is 0. The molecular formula is C12H12FN. The van der Waals surface area contributed by atoms with Gasteiger partial charge in [-0.1, -0.05) is 43.0 Å². The molecule has 0 aliphatic carbocycles. The van der Waals surface area contributed by atoms with Gasteiger partial charge in [0, 0.05) is 11.8 Å². The second-order valence-electron chi connectivity index (χ2n) is 2.95. The molecule has 0 amide bonds. The van der Waals surface area contributed by atoms with Gasteiger partial charge in [-0.3, -0.25) is 0 Å². The molecule has 0 saturated heterocycles. The SMILES string of the molecule is C=CN=C(F)C(=C)c1ccc(C)cc1. The number of rotatable bonds is 3. The molecule has 1 aromatic rings. The number of allylic oxidation sites excluding steroid dienone is 1. The summed E-state index contributed by atoms with van der Waals surface area (Å²) in [5.41, 5.74) is 2.14. The van der Waals surface area contributed by atoms with Gasteiger partial charge in [0.2, 0.25) is 5.97 Å². The Labute approximate surface area is 83.3 Å². The summed E-state index contributed by atoms with van der Waals surface area (Å²) < 4.78 is 13.2. The summed E-state index contributed by atoms with van der Waals surface area (Å²) in [5, 5.41) is 0. The zero-order chi connectivity index (χ0) is 10.6. The van der Waals surface area contributed by atoms with Crippen molar-refractivity contribution in [3.63, 3.8) is 0 Å². The van der Waals surface area contributed by atoms with Crippen molar-refractivity contribution in [1.29, 1.82) is 0 Å². The Morgan fingerprint density at radius 1 is 1.36 bits per heavy atom. The van der Waals surface area contributed by atoms with Crippen LogP contribution in [-0.4, -0.2) is 5.97 Å². The van der Waals surface area contributed by atoms with Crippen molar-refractivity contribution in [1.82, 2.24) is 0 Å². The molecule has 1 aromatic carbocycles. The topological polar surface area (TPSA) is 12.4 Å². The summed E-state index contributed by atoms with van der Waals surface area (Å²) in [6.07, 6.45) is 1.16. The minimum absolute atomic E-state index is 0.282. The molecule has 0 fully saturated rings. The predicted octanol–water partition coefficient (Wildman–Crippen LogP) is 3.52. The van der Waals surface area contributed by atoms with E-state index in [2.05, 4.69) is 18.2 Å². The van der Waals surface area contributed by atoms with E-state index in [1.54, 1.807) is 0 Å². The number of nitrogens with zero attached hydrogens (tertiary/aromatic N) is 1. The monoisotopic (exact) mass is 189 g/mol. The third-order valence-corrected chi connectivity index (χ3v) is 1.85. The first-order valence-electron chi connectivity index (χ1n) is 4.25. The third kappa shape index (κ3) is 2.39. The first-order chi connectivity index (χ1) is 6.65. The fraction of sp³-hybridized carbons (Fsp3) is 0.0833. The second-order valence-corrected chi connectivity index (χ2v) is 2.95. The van der Waals surface area contributed by atoms with Gasteiger partial charge in [0.05, 0.1) is 0 Å². The number of hydrogen-bond acceptors (Lipinski definition) is 1. The van der Waals surface area contributed by atoms with Crippen LogP contribution in [0.5, 0.6) is 0 Å². The highest BCUT2D eigenvalue weighted by atomic mass is 19.1. The molecule has 14 heavy (non-hydrogen) atoms. The van der Waals surface area contributed by atoms with Crippen molar-refractivity contribution in [2.24, 2.45) is 4.99 Å². The van der Waals surface area contributed by atoms with Crippen molar-refractivity contribution in [3.05, 3.63) is 54.8 Å². The Balaban J connectivity index is 2.95. The summed E-state index contributed by atoms with van der Waals surface area (Å²) in [5.74, 6) is -0.594. The molecule has 0 radical (unpaired) electrons. The maximum Gasteiger partial charge on any atom is 0.220 e. The van der Waals surface area contributed by atoms with Gasteiger partial charge in [-0.2, -0.15) is 4.39 Å². The van der Waals surface area contributed by atoms with E-state index < -0.39 is 5.97 Å². The lowest BCUT2D eigenvalue weighted by molar-refractivity contribution is 0.816. The molecule has 0 heterocycles. The number of aryl methyl sites for hydroxylation is 1. The zero-order valence-electron chi connectivity index (χ0n) is 8.13. The molecule has 2 heteroatoms. The Morgan fingerprint density at radius 2 is 1.93 bits per heavy atom. The highest BCUT2D eigenvalue weighted by molar-refractivity contribution is 6.18. The molecule has 72 valence electrons. The van der Waals surface area contributed by atoms with Crippen LogP contribution in [0, 0.1) is 6.92 Å². The summed E-state index contributed by atoms with van der Waals surface area (Å²) in [4.78, 5) is 3.44. The average molecular weight is 189 g/mol. The molecule has 0 N–H and O–H groups in total. The third-order valence-electron chi connectivity index (χ3n) is 1.85. The number of aliphatic imine (C=N–C) groups is 1. The van der Waals surface area contributed by atoms with Crippen LogP contribution >= 0.6 is 0 Å². The highest BCUT2D eigenvalue weighted by Gasteiger charge is 2.04. The molecule has 0 bridgehead atoms. The van der Waals surface area contributed by atoms with Crippen molar-refractivity contribution in [2.75, 3.05) is 0 Å². The first-order valence-corrected chi connectivity index (χ1v) is 4.25. The maximum absolute atomic E-state index is 13.2. The lowest BCUT2D eigenvalue weighted by atomic mass is 10.1. The lowest BCUT2D eigenvalue weighted by Gasteiger charge is -2.01. The highest BCUT2D eigenvalue weighted by Crippen LogP contribution is 2.15. The van der Waals surface area contributed by atoms with Gasteiger partial charge < -0.3 is 0 Å². The predicted molar refractivity (Wildman–Crippen MR) is 59.0 cm³/mol. The minimum Gasteiger partial charge on any atom is -0.228 e. The van der Waals surface area contributed by atoms with Crippen LogP contribution in [-0.2, 0) is 0 Å². The van der Waals surface area contributed by atoms with Gasteiger partial charge in [-0.05, 0) is 12.5 Å². The van der Waals surface area contributed by atoms with E-state index >= 15 is 0 Å². The summed E-state index contributed by atoms with van der Waals surface area (Å²) in [7, 11) is 0. The smallest absolute Gasteiger partial charge is 0.220 e. The molecule has 0 atom stereocenters. The Morgan fingerprint density at radius 3 is 2.43 bits per heavy atom. The lowest BCUT2D eigenvalue weighted by Crippen LogP contribution is -1.92. The van der Waals surface area contributed by atoms with E-state index in [0.29, 0.717) is 0 Å². The quantitative estimate of drug-likeness (QED) is 0.645. The van der Waals surface area contributed by atoms with Gasteiger partial charge in [0.15, 0.2) is 0 Å². The Kier molecular flexibility index (Phi) is 3.35. The van der Waals surface area contributed by atoms with Crippen LogP contribution in [0.4, 0.5) is 4.39 Å². The second kappa shape index (κ2) is 4.51. The maximum atomic E-state index is 13.2. The number of hydrogen-bond donors (Lipinski definition) is 0. The van der Waals surface area contributed by atoms with Crippen molar-refractivity contribution < 1.29 is 4.39 Å². The van der Waals surface area contributed by atoms with E-state index in [0.717, 1.165) is 17.3 Å². The van der Waals surface area contributed by atoms with Crippen LogP contribution in [0.1, 0.15) is 11.1 Å². The van der Waals surface area contributed by atoms with E-state index in [1.165, 1.54) is 0 Å². The van der Waals surface area contributed by atoms with Gasteiger partial charge in [-0.25, -0.2) is 4.99 Å². The minimum atomic E-state index is -0.594. The average Bonchev–Trinajstić information content (AvgIpc) is 2.18. The first kappa shape index (κ1) is 10.4. The van der Waals surface area contributed by atoms with Crippen molar-refractivity contribution >= 4 is 11.5 Å². The molecule has 1 rings (SSSR count). The van der Waals surface area contributed by atoms with E-state index in [1.807, 2.05) is 31.2 Å². The fourth-order valence-corrected chi connectivity index (χ4v) is 1.03. The van der Waals surface area contributed by atoms with Gasteiger partial charge in [0.25, 0.3) is 0 Å². The van der Waals surface area contributed by atoms with Gasteiger partial charge in [-0.15, -0.1) is 0 Å². The van der Waals surface area contributed by atoms with Crippen molar-refractivity contribution in [2.45, 2.75) is 6.92 Å². The summed E-state index contributed by atoms with van der Waals surface area (Å²) in [6, 6.07) is 7.44. The van der Waals surface area contributed by atoms with E-state index in [4.69, 9.17) is 0 Å². The van der Waals surface area contributed by atoms with Crippen molar-refractivity contribution in [3.8, 4) is 0 Å². The molecule has 0 aliphatic rings. The molecule has 0 unspecified atom stereocenters. The summed E-state index contributed by atoms with van der Waals surface area (Å²) in [6.45, 7) is 8.91. The number of halogens is 1. The Bertz CT molecular complexity index is 374. The van der Waals surface area contributed by atoms with Crippen LogP contribution in [0.3, 0.4) is 0 Å². The van der Waals surface area contributed by atoms with E-state index in [-0.39, 0.29) is 5.57 Å². The Hall–Kier alpha value is -1.70. The standard InChI is InChI=1S/C12H12FN/c1-4-14-12(13)10(3)11-7-5-9(2)6-8-11/h4-8H,1,3H2,2H3. The largest absolute Gasteiger partial charge is 0.228 e. The molecular weight excluding hydrogens is 177 g/mol. The molecule has 1 nitrogen and oxygen atoms in total. The van der Waals surface area contributed by atoms with Crippen LogP contribution < -0.4 is 0 Å². The molecule has 0 spiro atoms. The van der Waals surface area contributed by atoms with E-state index in [9.17, 15) is 4.39 Å². The zero-order valence-corrected chi connectivity index (χ0v) is 8.13. The normalized spacial score (nSPS) is 11.1. The molecule has 0 saturated carbocycles. The van der Waals surface area contributed by atoms with Gasteiger partial charge in [0.1, 0.15) is 0 Å². The number of benzene rings is 1.